The van der Waals surface area contributed by atoms with Crippen LogP contribution in [0.1, 0.15) is 63.8 Å². The third-order valence-electron chi connectivity index (χ3n) is 6.83. The third-order valence-corrected chi connectivity index (χ3v) is 8.45. The largest absolute Gasteiger partial charge is 0.478 e. The number of amides is 1. The van der Waals surface area contributed by atoms with Gasteiger partial charge in [0.25, 0.3) is 0 Å². The highest BCUT2D eigenvalue weighted by atomic mass is 32.2. The molecule has 2 fully saturated rings. The van der Waals surface area contributed by atoms with Gasteiger partial charge in [0, 0.05) is 30.2 Å². The molecule has 0 spiro atoms. The first-order valence-electron chi connectivity index (χ1n) is 12.8. The molecule has 2 aliphatic rings. The van der Waals surface area contributed by atoms with Crippen LogP contribution in [0.25, 0.3) is 0 Å². The van der Waals surface area contributed by atoms with Crippen molar-refractivity contribution in [1.82, 2.24) is 24.3 Å². The molecule has 2 aromatic rings. The van der Waals surface area contributed by atoms with Gasteiger partial charge >= 0.3 is 16.3 Å². The van der Waals surface area contributed by atoms with Gasteiger partial charge in [-0.1, -0.05) is 11.6 Å². The van der Waals surface area contributed by atoms with Gasteiger partial charge in [0.05, 0.1) is 30.4 Å². The molecular weight excluding hydrogens is 580 g/mol. The van der Waals surface area contributed by atoms with E-state index in [4.69, 9.17) is 16.3 Å². The molecule has 224 valence electrons. The number of carbonyl (C=O) groups excluding carboxylic acids is 2. The smallest absolute Gasteiger partial charge is 0.362 e. The first-order chi connectivity index (χ1) is 19.1. The summed E-state index contributed by atoms with van der Waals surface area (Å²) < 4.78 is 33.8. The van der Waals surface area contributed by atoms with Gasteiger partial charge < -0.3 is 21.4 Å². The first kappa shape index (κ1) is 30.5. The molecule has 4 rings (SSSR count). The minimum Gasteiger partial charge on any atom is -0.478 e. The van der Waals surface area contributed by atoms with Gasteiger partial charge in [0.15, 0.2) is 16.6 Å². The van der Waals surface area contributed by atoms with Crippen molar-refractivity contribution in [2.45, 2.75) is 82.5 Å². The summed E-state index contributed by atoms with van der Waals surface area (Å²) in [5, 5.41) is 23.2. The van der Waals surface area contributed by atoms with E-state index in [-0.39, 0.29) is 45.8 Å². The molecule has 3 heterocycles. The highest BCUT2D eigenvalue weighted by molar-refractivity contribution is 7.84. The van der Waals surface area contributed by atoms with E-state index in [0.29, 0.717) is 12.1 Å². The summed E-state index contributed by atoms with van der Waals surface area (Å²) in [5.41, 5.74) is 10.2. The quantitative estimate of drug-likeness (QED) is 0.0700. The van der Waals surface area contributed by atoms with Crippen molar-refractivity contribution in [3.63, 3.8) is 0 Å². The number of hydrogen-bond acceptors (Lipinski definition) is 13. The lowest BCUT2D eigenvalue weighted by molar-refractivity contribution is -0.153. The zero-order valence-electron chi connectivity index (χ0n) is 22.5. The Bertz CT molecular complexity index is 1460. The predicted molar refractivity (Wildman–Crippen MR) is 145 cm³/mol. The van der Waals surface area contributed by atoms with Crippen LogP contribution < -0.4 is 11.5 Å². The van der Waals surface area contributed by atoms with Crippen molar-refractivity contribution in [2.24, 2.45) is 16.8 Å². The zero-order chi connectivity index (χ0) is 30.2. The van der Waals surface area contributed by atoms with Crippen molar-refractivity contribution in [3.05, 3.63) is 23.0 Å². The van der Waals surface area contributed by atoms with Crippen LogP contribution in [0.2, 0.25) is 0 Å². The lowest BCUT2D eigenvalue weighted by atomic mass is 9.84. The maximum Gasteiger partial charge on any atom is 0.362 e. The van der Waals surface area contributed by atoms with Crippen LogP contribution in [-0.2, 0) is 42.5 Å². The molecule has 0 bridgehead atoms. The lowest BCUT2D eigenvalue weighted by Crippen LogP contribution is -2.64. The number of carboxylic acid groups (broad SMARTS) is 1. The summed E-state index contributed by atoms with van der Waals surface area (Å²) in [4.78, 5) is 48.0. The molecule has 2 aromatic heterocycles. The van der Waals surface area contributed by atoms with E-state index in [1.165, 1.54) is 16.4 Å². The van der Waals surface area contributed by atoms with Crippen molar-refractivity contribution in [1.29, 1.82) is 0 Å². The second-order valence-electron chi connectivity index (χ2n) is 10.9. The van der Waals surface area contributed by atoms with Crippen LogP contribution >= 0.6 is 11.3 Å². The number of anilines is 1. The minimum atomic E-state index is -4.93. The highest BCUT2D eigenvalue weighted by Gasteiger charge is 2.56. The highest BCUT2D eigenvalue weighted by Crippen LogP contribution is 2.40. The number of thiazole rings is 1. The van der Waals surface area contributed by atoms with Crippen molar-refractivity contribution >= 4 is 50.1 Å². The Morgan fingerprint density at radius 1 is 1.32 bits per heavy atom. The van der Waals surface area contributed by atoms with E-state index in [0.717, 1.165) is 30.6 Å². The summed E-state index contributed by atoms with van der Waals surface area (Å²) >= 11 is 1.01. The Hall–Kier alpha value is -3.48. The number of Topliss-reactive ketones (excluding diaryl/α,β-unsaturated/α-hetero) is 1. The number of aliphatic carboxylic acids is 1. The standard InChI is InChI=1S/C23H32N8O8S2/c1-22(2,25)6-4-3-5-13-10-26-30(28-13)11-16-14(19(33)31(16)41(36,37)38)9-17(32)18(15-12-40-21(24)27-15)29-39-23(7-8-23)20(34)35/h10,12,14,16H,3-9,11,25H2,1-2H3,(H2,24,27)(H,34,35)(H,36,37,38)/b29-18-/t14-,16+/m0/s1. The normalized spacial score (nSPS) is 20.5. The molecule has 41 heavy (non-hydrogen) atoms. The van der Waals surface area contributed by atoms with Crippen LogP contribution in [0.4, 0.5) is 5.13 Å². The summed E-state index contributed by atoms with van der Waals surface area (Å²) in [6.45, 7) is 3.67. The molecule has 1 aliphatic heterocycles. The molecule has 6 N–H and O–H groups in total. The fraction of sp³-hybridized carbons (Fsp3) is 0.609. The molecule has 0 unspecified atom stereocenters. The number of rotatable bonds is 15. The van der Waals surface area contributed by atoms with E-state index in [1.807, 2.05) is 13.8 Å². The number of β-lactam (4-membered cyclic amide) rings is 1. The second kappa shape index (κ2) is 11.4. The summed E-state index contributed by atoms with van der Waals surface area (Å²) in [5.74, 6) is -4.17. The number of nitrogens with two attached hydrogens (primary N) is 2. The molecular formula is C23H32N8O8S2. The number of carboxylic acids is 1. The second-order valence-corrected chi connectivity index (χ2v) is 13.1. The number of aryl methyl sites for hydroxylation is 1. The van der Waals surface area contributed by atoms with E-state index in [9.17, 15) is 32.5 Å². The fourth-order valence-electron chi connectivity index (χ4n) is 4.40. The Morgan fingerprint density at radius 2 is 2.02 bits per heavy atom. The predicted octanol–water partition coefficient (Wildman–Crippen LogP) is 0.394. The van der Waals surface area contributed by atoms with Gasteiger partial charge in [-0.2, -0.15) is 23.4 Å². The third kappa shape index (κ3) is 7.24. The number of nitrogen functional groups attached to an aromatic ring is 1. The van der Waals surface area contributed by atoms with Gasteiger partial charge in [-0.15, -0.1) is 11.3 Å². The molecule has 0 radical (unpaired) electrons. The number of hydrogen-bond donors (Lipinski definition) is 4. The number of unbranched alkanes of at least 4 members (excludes halogenated alkanes) is 1. The topological polar surface area (TPSA) is 246 Å². The number of aromatic nitrogens is 4. The fourth-order valence-corrected chi connectivity index (χ4v) is 5.86. The number of nitrogens with zero attached hydrogens (tertiary/aromatic N) is 6. The van der Waals surface area contributed by atoms with Crippen LogP contribution in [0, 0.1) is 5.92 Å². The number of oxime groups is 1. The minimum absolute atomic E-state index is 0.0186. The molecule has 2 atom stereocenters. The van der Waals surface area contributed by atoms with Gasteiger partial charge in [0.1, 0.15) is 5.69 Å². The molecule has 1 aliphatic carbocycles. The molecule has 1 amide bonds. The zero-order valence-corrected chi connectivity index (χ0v) is 24.1. The average Bonchev–Trinajstić information content (AvgIpc) is 3.33. The van der Waals surface area contributed by atoms with Crippen LogP contribution in [0.15, 0.2) is 16.7 Å². The summed E-state index contributed by atoms with van der Waals surface area (Å²) in [6, 6.07) is -1.17. The van der Waals surface area contributed by atoms with E-state index >= 15 is 0 Å². The molecule has 0 aromatic carbocycles. The first-order valence-corrected chi connectivity index (χ1v) is 15.1. The SMILES string of the molecule is CC(C)(N)CCCCc1cnn(C[C@@H]2[C@H](CC(=O)/C(=N\OC3(C(=O)O)CC3)c3csc(N)n3)C(=O)N2S(=O)(=O)O)n1. The Balaban J connectivity index is 1.49. The summed E-state index contributed by atoms with van der Waals surface area (Å²) in [6.07, 6.45) is 4.51. The molecule has 16 nitrogen and oxygen atoms in total. The summed E-state index contributed by atoms with van der Waals surface area (Å²) in [7, 11) is -4.93. The van der Waals surface area contributed by atoms with Crippen LogP contribution in [0.3, 0.4) is 0 Å². The van der Waals surface area contributed by atoms with Crippen LogP contribution in [-0.4, -0.2) is 82.9 Å². The van der Waals surface area contributed by atoms with Gasteiger partial charge in [0.2, 0.25) is 11.5 Å². The van der Waals surface area contributed by atoms with Crippen LogP contribution in [0.5, 0.6) is 0 Å². The average molecular weight is 613 g/mol. The lowest BCUT2D eigenvalue weighted by Gasteiger charge is -2.43. The number of carbonyl (C=O) groups is 3. The van der Waals surface area contributed by atoms with Crippen molar-refractivity contribution in [2.75, 3.05) is 5.73 Å². The van der Waals surface area contributed by atoms with Gasteiger partial charge in [-0.25, -0.2) is 14.1 Å². The van der Waals surface area contributed by atoms with E-state index in [1.54, 1.807) is 0 Å². The monoisotopic (exact) mass is 612 g/mol. The van der Waals surface area contributed by atoms with E-state index < -0.39 is 51.9 Å². The molecule has 1 saturated carbocycles. The Kier molecular flexibility index (Phi) is 8.49. The molecule has 18 heteroatoms. The van der Waals surface area contributed by atoms with E-state index in [2.05, 4.69) is 20.3 Å². The maximum absolute atomic E-state index is 13.3. The van der Waals surface area contributed by atoms with Crippen molar-refractivity contribution < 1.29 is 37.3 Å². The number of ketones is 1. The Morgan fingerprint density at radius 3 is 2.59 bits per heavy atom. The van der Waals surface area contributed by atoms with Gasteiger partial charge in [-0.05, 0) is 33.1 Å². The maximum atomic E-state index is 13.3. The van der Waals surface area contributed by atoms with Crippen molar-refractivity contribution in [3.8, 4) is 0 Å². The Labute approximate surface area is 239 Å². The molecule has 1 saturated heterocycles. The van der Waals surface area contributed by atoms with Gasteiger partial charge in [-0.3, -0.25) is 14.1 Å².